The van der Waals surface area contributed by atoms with Crippen molar-refractivity contribution >= 4 is 135 Å². The summed E-state index contributed by atoms with van der Waals surface area (Å²) in [6.07, 6.45) is 10.7. The summed E-state index contributed by atoms with van der Waals surface area (Å²) in [5.41, 5.74) is 10.2. The molecule has 5 atom stereocenters. The first-order valence-electron chi connectivity index (χ1n) is 37.1. The van der Waals surface area contributed by atoms with E-state index in [0.717, 1.165) is 46.8 Å². The summed E-state index contributed by atoms with van der Waals surface area (Å²) in [5.74, 6) is -6.92. The van der Waals surface area contributed by atoms with E-state index in [0.29, 0.717) is 138 Å². The van der Waals surface area contributed by atoms with E-state index in [9.17, 15) is 71.9 Å². The maximum atomic E-state index is 12.6. The number of carbonyl (C=O) groups is 15. The van der Waals surface area contributed by atoms with Crippen LogP contribution in [0, 0.1) is 32.1 Å². The maximum Gasteiger partial charge on any atom is 0.278 e. The van der Waals surface area contributed by atoms with Gasteiger partial charge in [-0.3, -0.25) is 96.4 Å². The van der Waals surface area contributed by atoms with Crippen molar-refractivity contribution in [1.29, 1.82) is 5.26 Å². The summed E-state index contributed by atoms with van der Waals surface area (Å²) in [5, 5.41) is 37.8. The van der Waals surface area contributed by atoms with E-state index in [2.05, 4.69) is 92.1 Å². The highest BCUT2D eigenvalue weighted by atomic mass is 35.5. The van der Waals surface area contributed by atoms with Gasteiger partial charge in [0.1, 0.15) is 58.7 Å². The van der Waals surface area contributed by atoms with Crippen LogP contribution in [0.2, 0.25) is 10.0 Å². The van der Waals surface area contributed by atoms with Crippen LogP contribution in [-0.4, -0.2) is 143 Å². The van der Waals surface area contributed by atoms with Crippen LogP contribution in [0.25, 0.3) is 0 Å². The van der Waals surface area contributed by atoms with Crippen molar-refractivity contribution in [2.24, 2.45) is 0 Å². The van der Waals surface area contributed by atoms with E-state index in [1.807, 2.05) is 75.4 Å². The van der Waals surface area contributed by atoms with E-state index in [4.69, 9.17) is 28.5 Å². The second-order valence-electron chi connectivity index (χ2n) is 28.4. The van der Waals surface area contributed by atoms with Crippen LogP contribution in [-0.2, 0) is 78.5 Å². The Kier molecular flexibility index (Phi) is 26.4. The molecule has 0 radical (unpaired) electrons. The number of nitrogens with one attached hydrogen (secondary N) is 10. The third kappa shape index (κ3) is 19.7. The summed E-state index contributed by atoms with van der Waals surface area (Å²) in [7, 11) is 0. The first kappa shape index (κ1) is 84.5. The number of imide groups is 5. The van der Waals surface area contributed by atoms with Crippen molar-refractivity contribution in [2.45, 2.75) is 122 Å². The molecule has 10 aliphatic heterocycles. The molecule has 5 saturated heterocycles. The zero-order chi connectivity index (χ0) is 85.1. The fraction of sp³-hybridized carbons (Fsp3) is 0.224. The van der Waals surface area contributed by atoms with Gasteiger partial charge < -0.3 is 53.2 Å². The number of halogens is 2. The largest absolute Gasteiger partial charge is 0.376 e. The molecule has 5 aromatic rings. The second-order valence-corrected chi connectivity index (χ2v) is 29.2. The molecule has 5 aromatic carbocycles. The molecule has 118 heavy (non-hydrogen) atoms. The second kappa shape index (κ2) is 36.8. The summed E-state index contributed by atoms with van der Waals surface area (Å²) in [6.45, 7) is 24.4. The molecule has 604 valence electrons. The summed E-state index contributed by atoms with van der Waals surface area (Å²) >= 11 is 12.0. The molecule has 0 spiro atoms. The van der Waals surface area contributed by atoms with E-state index < -0.39 is 95.2 Å². The zero-order valence-corrected chi connectivity index (χ0v) is 65.6. The highest BCUT2D eigenvalue weighted by Crippen LogP contribution is 2.32. The quantitative estimate of drug-likeness (QED) is 0.0427. The molecule has 10 N–H and O–H groups in total. The van der Waals surface area contributed by atoms with Gasteiger partial charge >= 0.3 is 0 Å². The fourth-order valence-corrected chi connectivity index (χ4v) is 13.9. The number of hydrogen-bond donors (Lipinski definition) is 10. The predicted octanol–water partition coefficient (Wildman–Crippen LogP) is 7.50. The van der Waals surface area contributed by atoms with E-state index >= 15 is 0 Å². The Labute approximate surface area is 687 Å². The van der Waals surface area contributed by atoms with E-state index in [1.54, 1.807) is 60.7 Å². The lowest BCUT2D eigenvalue weighted by Crippen LogP contribution is -2.52. The Balaban J connectivity index is 0.000000145. The molecule has 15 amide bonds. The number of nitrogens with zero attached hydrogens (tertiary/aromatic N) is 6. The summed E-state index contributed by atoms with van der Waals surface area (Å²) < 4.78 is 0. The highest BCUT2D eigenvalue weighted by Gasteiger charge is 2.47. The maximum absolute atomic E-state index is 12.6. The Hall–Kier alpha value is -14.4. The Morgan fingerprint density at radius 1 is 0.356 bits per heavy atom. The first-order valence-corrected chi connectivity index (χ1v) is 37.8. The molecular formula is C85H80Cl2N16O15. The predicted molar refractivity (Wildman–Crippen MR) is 434 cm³/mol. The number of hydrogen-bond acceptors (Lipinski definition) is 21. The number of amides is 15. The number of aryl methyl sites for hydroxylation is 3. The van der Waals surface area contributed by atoms with Crippen LogP contribution in [0.4, 0.5) is 22.7 Å². The molecule has 0 saturated carbocycles. The Morgan fingerprint density at radius 3 is 0.983 bits per heavy atom. The van der Waals surface area contributed by atoms with Gasteiger partial charge in [-0.15, -0.1) is 0 Å². The Morgan fingerprint density at radius 2 is 0.653 bits per heavy atom. The minimum Gasteiger partial charge on any atom is -0.376 e. The molecule has 15 rings (SSSR count). The third-order valence-corrected chi connectivity index (χ3v) is 20.7. The molecule has 10 aliphatic rings. The number of carbonyl (C=O) groups excluding carboxylic acids is 15. The smallest absolute Gasteiger partial charge is 0.278 e. The van der Waals surface area contributed by atoms with Crippen LogP contribution < -0.4 is 53.2 Å². The van der Waals surface area contributed by atoms with Gasteiger partial charge in [0.25, 0.3) is 59.1 Å². The van der Waals surface area contributed by atoms with Crippen LogP contribution in [0.1, 0.15) is 92.0 Å². The number of benzene rings is 5. The molecule has 31 nitrogen and oxygen atoms in total. The minimum absolute atomic E-state index is 0.0787. The zero-order valence-electron chi connectivity index (χ0n) is 64.1. The van der Waals surface area contributed by atoms with Crippen molar-refractivity contribution in [3.05, 3.63) is 273 Å². The van der Waals surface area contributed by atoms with Crippen LogP contribution >= 0.6 is 23.2 Å². The van der Waals surface area contributed by atoms with Crippen molar-refractivity contribution in [2.75, 3.05) is 21.3 Å². The van der Waals surface area contributed by atoms with Crippen molar-refractivity contribution < 1.29 is 71.9 Å². The molecule has 33 heteroatoms. The van der Waals surface area contributed by atoms with Crippen molar-refractivity contribution in [3.8, 4) is 6.07 Å². The number of nitriles is 1. The molecule has 0 bridgehead atoms. The van der Waals surface area contributed by atoms with Crippen LogP contribution in [0.3, 0.4) is 0 Å². The van der Waals surface area contributed by atoms with Gasteiger partial charge in [0.2, 0.25) is 29.5 Å². The van der Waals surface area contributed by atoms with Gasteiger partial charge in [0, 0.05) is 98.2 Å². The molecule has 5 unspecified atom stereocenters. The topological polar surface area (TPSA) is 416 Å². The molecule has 5 fully saturated rings. The number of allylic oxidation sites excluding steroid dienone is 5. The molecule has 10 heterocycles. The Bertz CT molecular complexity index is 5280. The lowest BCUT2D eigenvalue weighted by molar-refractivity contribution is -0.146. The van der Waals surface area contributed by atoms with Gasteiger partial charge in [-0.2, -0.15) is 5.26 Å². The van der Waals surface area contributed by atoms with Gasteiger partial charge in [-0.25, -0.2) is 0 Å². The number of para-hydroxylation sites is 1. The van der Waals surface area contributed by atoms with Gasteiger partial charge in [0.15, 0.2) is 0 Å². The third-order valence-electron chi connectivity index (χ3n) is 19.8. The van der Waals surface area contributed by atoms with Gasteiger partial charge in [-0.1, -0.05) is 117 Å². The molecule has 0 aromatic heterocycles. The summed E-state index contributed by atoms with van der Waals surface area (Å²) in [4.78, 5) is 188. The minimum atomic E-state index is -0.839. The highest BCUT2D eigenvalue weighted by molar-refractivity contribution is 6.32. The van der Waals surface area contributed by atoms with E-state index in [1.165, 1.54) is 30.4 Å². The average molecular weight is 1640 g/mol. The fourth-order valence-electron chi connectivity index (χ4n) is 13.6. The molecule has 0 aliphatic carbocycles. The van der Waals surface area contributed by atoms with Crippen LogP contribution in [0.5, 0.6) is 0 Å². The average Bonchev–Trinajstić information content (AvgIpc) is 1.67. The van der Waals surface area contributed by atoms with Crippen LogP contribution in [0.15, 0.2) is 236 Å². The van der Waals surface area contributed by atoms with Crippen molar-refractivity contribution in [1.82, 2.24) is 56.4 Å². The number of rotatable bonds is 16. The lowest BCUT2D eigenvalue weighted by Gasteiger charge is -2.29. The van der Waals surface area contributed by atoms with E-state index in [-0.39, 0.29) is 52.1 Å². The lowest BCUT2D eigenvalue weighted by atomic mass is 10.0. The summed E-state index contributed by atoms with van der Waals surface area (Å²) in [6, 6.07) is 32.2. The first-order chi connectivity index (χ1) is 56.2. The van der Waals surface area contributed by atoms with Gasteiger partial charge in [0.05, 0.1) is 11.6 Å². The normalized spacial score (nSPS) is 21.0. The molecular weight excluding hydrogens is 1560 g/mol. The monoisotopic (exact) mass is 1630 g/mol. The van der Waals surface area contributed by atoms with Crippen molar-refractivity contribution in [3.63, 3.8) is 0 Å². The number of anilines is 4. The van der Waals surface area contributed by atoms with Gasteiger partial charge in [-0.05, 0) is 162 Å². The SMILES string of the molecule is C=C1CCC(N2C(=O)C=C(NCc3ccccc3)C2=O)C(=O)N1.C=C1CCC(N2C(=O)C=C(Nc3ccc(C)c(C#N)c3)C2=O)C(=O)N1.C=C1CCC(N2C(=O)C=C(Nc3ccc(C)c(Cl)c3)C2=O)C(=O)N1.C=C1CCC(N2C(=O)C=C(Nc3ccc(Cl)c(C)c3)C2=O)C(=O)N1.C=C1CCC(N2C(=O)C=C(Nc3ccccc3)C2=O)C(=O)N1. The standard InChI is InChI=1S/C18H16N4O3.2C17H16ClN3O3.C17H17N3O3.C16H15N3O3/c1-10-3-5-13(7-12(10)9-19)21-14-8-16(23)22(18(14)25)15-6-4-11(2)20-17(15)24;1-9-7-11(4-5-12(9)18)20-13-8-15(22)21(17(13)24)14-6-3-10(2)19-16(14)23;1-9-3-5-11(7-12(9)18)20-13-8-15(22)21(17(13)24)14-6-4-10(2)19-16(14)23;1-11-7-8-14(16(22)19-11)20-15(21)9-13(17(20)23)18-10-12-5-3-2-4-6-12;1-10-7-8-13(15(21)17-10)19-14(20)9-12(16(19)22)18-11-5-3-2-4-6-11/h3,5,7-8,15,21H,2,4,6H2,1H3,(H,20,24);4-5,7-8,14,20H,2-3,6H2,1H3,(H,19,23);3,5,7-8,14,20H,2,4,6H2,1H3,(H,19,23);2-6,9,14,18H,1,7-8,10H2,(H,19,22);2-6,9,13,18H,1,7-8H2,(H,17,21). The number of piperidine rings is 5.